The second-order valence-corrected chi connectivity index (χ2v) is 6.29. The zero-order chi connectivity index (χ0) is 13.0. The van der Waals surface area contributed by atoms with Crippen molar-refractivity contribution in [2.75, 3.05) is 26.2 Å². The Balaban J connectivity index is 2.03. The second kappa shape index (κ2) is 6.05. The molecule has 2 saturated heterocycles. The topological polar surface area (TPSA) is 32.3 Å². The summed E-state index contributed by atoms with van der Waals surface area (Å²) in [5.41, 5.74) is -0.0810. The minimum absolute atomic E-state index is 0.0810. The van der Waals surface area contributed by atoms with Gasteiger partial charge in [0.15, 0.2) is 0 Å². The predicted octanol–water partition coefficient (Wildman–Crippen LogP) is 2.41. The van der Waals surface area contributed by atoms with Crippen LogP contribution in [0.25, 0.3) is 0 Å². The highest BCUT2D eigenvalue weighted by Gasteiger charge is 2.42. The van der Waals surface area contributed by atoms with E-state index >= 15 is 0 Å². The second-order valence-electron chi connectivity index (χ2n) is 6.29. The van der Waals surface area contributed by atoms with Crippen molar-refractivity contribution in [3.05, 3.63) is 0 Å². The summed E-state index contributed by atoms with van der Waals surface area (Å²) >= 11 is 0. The van der Waals surface area contributed by atoms with Crippen LogP contribution in [0.1, 0.15) is 52.4 Å². The molecule has 104 valence electrons. The zero-order valence-corrected chi connectivity index (χ0v) is 12.0. The summed E-state index contributed by atoms with van der Waals surface area (Å²) in [5, 5.41) is 3.39. The molecule has 0 radical (unpaired) electrons. The Morgan fingerprint density at radius 3 is 2.89 bits per heavy atom. The first kappa shape index (κ1) is 13.9. The molecule has 0 bridgehead atoms. The molecular weight excluding hydrogens is 224 g/mol. The van der Waals surface area contributed by atoms with Crippen molar-refractivity contribution in [2.24, 2.45) is 11.3 Å². The molecule has 2 aliphatic heterocycles. The molecule has 3 heteroatoms. The number of amides is 1. The molecule has 2 fully saturated rings. The molecule has 2 rings (SSSR count). The third kappa shape index (κ3) is 2.87. The van der Waals surface area contributed by atoms with E-state index in [9.17, 15) is 4.79 Å². The van der Waals surface area contributed by atoms with E-state index in [0.29, 0.717) is 5.91 Å². The minimum atomic E-state index is -0.0810. The monoisotopic (exact) mass is 252 g/mol. The number of carbonyl (C=O) groups excluding carboxylic acids is 1. The van der Waals surface area contributed by atoms with Crippen LogP contribution in [-0.4, -0.2) is 37.0 Å². The normalized spacial score (nSPS) is 33.4. The van der Waals surface area contributed by atoms with E-state index in [-0.39, 0.29) is 5.41 Å². The lowest BCUT2D eigenvalue weighted by Crippen LogP contribution is -2.45. The number of likely N-dealkylation sites (tertiary alicyclic amines) is 1. The van der Waals surface area contributed by atoms with Gasteiger partial charge in [-0.15, -0.1) is 0 Å². The molecule has 3 nitrogen and oxygen atoms in total. The summed E-state index contributed by atoms with van der Waals surface area (Å²) in [6, 6.07) is 0. The Morgan fingerprint density at radius 2 is 2.22 bits per heavy atom. The average molecular weight is 252 g/mol. The maximum Gasteiger partial charge on any atom is 0.230 e. The van der Waals surface area contributed by atoms with E-state index in [1.807, 2.05) is 0 Å². The summed E-state index contributed by atoms with van der Waals surface area (Å²) in [7, 11) is 0. The van der Waals surface area contributed by atoms with Crippen LogP contribution >= 0.6 is 0 Å². The fourth-order valence-electron chi connectivity index (χ4n) is 3.53. The predicted molar refractivity (Wildman–Crippen MR) is 74.4 cm³/mol. The molecule has 2 aliphatic rings. The van der Waals surface area contributed by atoms with Crippen LogP contribution in [0.2, 0.25) is 0 Å². The maximum absolute atomic E-state index is 12.9. The Hall–Kier alpha value is -0.570. The highest BCUT2D eigenvalue weighted by molar-refractivity contribution is 5.83. The molecular formula is C15H28N2O. The first-order valence-electron chi connectivity index (χ1n) is 7.68. The molecule has 0 aliphatic carbocycles. The van der Waals surface area contributed by atoms with Crippen molar-refractivity contribution in [3.8, 4) is 0 Å². The van der Waals surface area contributed by atoms with Gasteiger partial charge in [-0.1, -0.05) is 20.3 Å². The highest BCUT2D eigenvalue weighted by atomic mass is 16.2. The maximum atomic E-state index is 12.9. The largest absolute Gasteiger partial charge is 0.342 e. The van der Waals surface area contributed by atoms with Gasteiger partial charge in [-0.2, -0.15) is 0 Å². The lowest BCUT2D eigenvalue weighted by atomic mass is 9.81. The quantitative estimate of drug-likeness (QED) is 0.836. The first-order chi connectivity index (χ1) is 8.68. The van der Waals surface area contributed by atoms with Crippen molar-refractivity contribution in [1.82, 2.24) is 10.2 Å². The van der Waals surface area contributed by atoms with Gasteiger partial charge in [0.05, 0.1) is 5.41 Å². The van der Waals surface area contributed by atoms with Crippen LogP contribution in [0.5, 0.6) is 0 Å². The number of hydrogen-bond acceptors (Lipinski definition) is 2. The Labute approximate surface area is 111 Å². The van der Waals surface area contributed by atoms with Crippen LogP contribution in [-0.2, 0) is 4.79 Å². The highest BCUT2D eigenvalue weighted by Crippen LogP contribution is 2.34. The van der Waals surface area contributed by atoms with Crippen molar-refractivity contribution in [2.45, 2.75) is 52.4 Å². The van der Waals surface area contributed by atoms with Crippen molar-refractivity contribution < 1.29 is 4.79 Å². The standard InChI is InChI=1S/C15H28N2O/c1-3-7-15(8-9-16-12-15)14(18)17-10-4-5-13(2)6-11-17/h13,16H,3-12H2,1-2H3. The summed E-state index contributed by atoms with van der Waals surface area (Å²) < 4.78 is 0. The fourth-order valence-corrected chi connectivity index (χ4v) is 3.53. The van der Waals surface area contributed by atoms with Crippen molar-refractivity contribution >= 4 is 5.91 Å². The third-order valence-electron chi connectivity index (χ3n) is 4.73. The fraction of sp³-hybridized carbons (Fsp3) is 0.933. The average Bonchev–Trinajstić information content (AvgIpc) is 2.72. The van der Waals surface area contributed by atoms with E-state index in [0.717, 1.165) is 51.4 Å². The van der Waals surface area contributed by atoms with Gasteiger partial charge in [0.25, 0.3) is 0 Å². The molecule has 0 aromatic rings. The number of hydrogen-bond donors (Lipinski definition) is 1. The molecule has 18 heavy (non-hydrogen) atoms. The van der Waals surface area contributed by atoms with Crippen LogP contribution in [0.4, 0.5) is 0 Å². The first-order valence-corrected chi connectivity index (χ1v) is 7.68. The molecule has 0 saturated carbocycles. The molecule has 2 atom stereocenters. The minimum Gasteiger partial charge on any atom is -0.342 e. The van der Waals surface area contributed by atoms with Gasteiger partial charge in [-0.05, 0) is 44.6 Å². The Bertz CT molecular complexity index is 284. The van der Waals surface area contributed by atoms with Gasteiger partial charge in [0.2, 0.25) is 5.91 Å². The molecule has 1 amide bonds. The van der Waals surface area contributed by atoms with E-state index < -0.39 is 0 Å². The molecule has 1 N–H and O–H groups in total. The van der Waals surface area contributed by atoms with E-state index in [1.165, 1.54) is 19.3 Å². The van der Waals surface area contributed by atoms with Gasteiger partial charge in [0, 0.05) is 19.6 Å². The molecule has 0 aromatic carbocycles. The Morgan fingerprint density at radius 1 is 1.39 bits per heavy atom. The van der Waals surface area contributed by atoms with Gasteiger partial charge in [-0.25, -0.2) is 0 Å². The summed E-state index contributed by atoms with van der Waals surface area (Å²) in [4.78, 5) is 15.0. The summed E-state index contributed by atoms with van der Waals surface area (Å²) in [6.07, 6.45) is 6.83. The number of nitrogens with one attached hydrogen (secondary N) is 1. The molecule has 2 unspecified atom stereocenters. The SMILES string of the molecule is CCCC1(C(=O)N2CCCC(C)CC2)CCNC1. The van der Waals surface area contributed by atoms with Crippen LogP contribution in [0.15, 0.2) is 0 Å². The summed E-state index contributed by atoms with van der Waals surface area (Å²) in [6.45, 7) is 8.37. The summed E-state index contributed by atoms with van der Waals surface area (Å²) in [5.74, 6) is 1.22. The van der Waals surface area contributed by atoms with Gasteiger partial charge in [-0.3, -0.25) is 4.79 Å². The Kier molecular flexibility index (Phi) is 4.66. The van der Waals surface area contributed by atoms with Gasteiger partial charge >= 0.3 is 0 Å². The van der Waals surface area contributed by atoms with Crippen molar-refractivity contribution in [1.29, 1.82) is 0 Å². The smallest absolute Gasteiger partial charge is 0.230 e. The molecule has 0 spiro atoms. The van der Waals surface area contributed by atoms with E-state index in [4.69, 9.17) is 0 Å². The van der Waals surface area contributed by atoms with Gasteiger partial charge in [0.1, 0.15) is 0 Å². The van der Waals surface area contributed by atoms with E-state index in [2.05, 4.69) is 24.1 Å². The van der Waals surface area contributed by atoms with Gasteiger partial charge < -0.3 is 10.2 Å². The van der Waals surface area contributed by atoms with E-state index in [1.54, 1.807) is 0 Å². The van der Waals surface area contributed by atoms with Crippen LogP contribution in [0, 0.1) is 11.3 Å². The lowest BCUT2D eigenvalue weighted by molar-refractivity contribution is -0.141. The number of nitrogens with zero attached hydrogens (tertiary/aromatic N) is 1. The third-order valence-corrected chi connectivity index (χ3v) is 4.73. The lowest BCUT2D eigenvalue weighted by Gasteiger charge is -2.33. The molecule has 0 aromatic heterocycles. The van der Waals surface area contributed by atoms with Crippen molar-refractivity contribution in [3.63, 3.8) is 0 Å². The number of carbonyl (C=O) groups is 1. The number of rotatable bonds is 3. The molecule has 2 heterocycles. The van der Waals surface area contributed by atoms with Crippen LogP contribution < -0.4 is 5.32 Å². The van der Waals surface area contributed by atoms with Crippen LogP contribution in [0.3, 0.4) is 0 Å². The zero-order valence-electron chi connectivity index (χ0n) is 12.0.